The summed E-state index contributed by atoms with van der Waals surface area (Å²) in [6.07, 6.45) is 3.39. The monoisotopic (exact) mass is 326 g/mol. The lowest BCUT2D eigenvalue weighted by Crippen LogP contribution is -2.24. The van der Waals surface area contributed by atoms with Gasteiger partial charge in [-0.15, -0.1) is 0 Å². The lowest BCUT2D eigenvalue weighted by Gasteiger charge is -2.16. The average molecular weight is 327 g/mol. The number of aromatic amines is 1. The Bertz CT molecular complexity index is 495. The van der Waals surface area contributed by atoms with Gasteiger partial charge in [0.05, 0.1) is 17.9 Å². The third kappa shape index (κ3) is 4.11. The van der Waals surface area contributed by atoms with Crippen LogP contribution in [0.25, 0.3) is 0 Å². The number of benzene rings is 1. The van der Waals surface area contributed by atoms with Crippen LogP contribution in [0.2, 0.25) is 0 Å². The largest absolute Gasteiger partial charge is 0.308 e. The Labute approximate surface area is 119 Å². The van der Waals surface area contributed by atoms with Gasteiger partial charge in [-0.3, -0.25) is 0 Å². The second kappa shape index (κ2) is 6.77. The second-order valence-corrected chi connectivity index (χ2v) is 5.30. The van der Waals surface area contributed by atoms with Crippen LogP contribution in [0.1, 0.15) is 30.6 Å². The summed E-state index contributed by atoms with van der Waals surface area (Å²) in [5.74, 6) is -0.237. The zero-order valence-corrected chi connectivity index (χ0v) is 12.2. The first-order chi connectivity index (χ1) is 9.19. The summed E-state index contributed by atoms with van der Waals surface area (Å²) in [4.78, 5) is 0. The van der Waals surface area contributed by atoms with E-state index in [9.17, 15) is 4.39 Å². The lowest BCUT2D eigenvalue weighted by atomic mass is 10.0. The van der Waals surface area contributed by atoms with Crippen LogP contribution in [-0.2, 0) is 6.42 Å². The van der Waals surface area contributed by atoms with Crippen molar-refractivity contribution in [1.82, 2.24) is 20.7 Å². The Kier molecular flexibility index (Phi) is 5.04. The fourth-order valence-electron chi connectivity index (χ4n) is 1.94. The maximum Gasteiger partial charge on any atom is 0.124 e. The highest BCUT2D eigenvalue weighted by atomic mass is 79.9. The minimum absolute atomic E-state index is 0.0346. The number of hydrogen-bond acceptors (Lipinski definition) is 3. The summed E-state index contributed by atoms with van der Waals surface area (Å²) in [6.45, 7) is 2.99. The summed E-state index contributed by atoms with van der Waals surface area (Å²) in [5, 5.41) is 13.9. The van der Waals surface area contributed by atoms with Crippen molar-refractivity contribution in [2.75, 3.05) is 6.54 Å². The number of aromatic nitrogens is 3. The van der Waals surface area contributed by atoms with Crippen molar-refractivity contribution in [3.05, 3.63) is 45.9 Å². The molecule has 0 fully saturated rings. The smallest absolute Gasteiger partial charge is 0.124 e. The van der Waals surface area contributed by atoms with E-state index < -0.39 is 0 Å². The van der Waals surface area contributed by atoms with Gasteiger partial charge in [-0.2, -0.15) is 15.4 Å². The van der Waals surface area contributed by atoms with Crippen LogP contribution in [0.3, 0.4) is 0 Å². The van der Waals surface area contributed by atoms with E-state index in [4.69, 9.17) is 0 Å². The molecule has 0 aliphatic carbocycles. The predicted molar refractivity (Wildman–Crippen MR) is 75.2 cm³/mol. The van der Waals surface area contributed by atoms with Crippen LogP contribution >= 0.6 is 15.9 Å². The average Bonchev–Trinajstić information content (AvgIpc) is 2.87. The standard InChI is InChI=1S/C13H16BrFN4/c1-2-3-16-12(13-8-17-19-18-13)6-9-4-10(14)7-11(15)5-9/h4-5,7-8,12,16H,2-3,6H2,1H3,(H,17,18,19). The molecule has 0 bridgehead atoms. The maximum atomic E-state index is 13.4. The molecule has 0 radical (unpaired) electrons. The molecule has 1 atom stereocenters. The molecule has 1 aromatic heterocycles. The van der Waals surface area contributed by atoms with E-state index >= 15 is 0 Å². The molecular weight excluding hydrogens is 311 g/mol. The zero-order chi connectivity index (χ0) is 13.7. The second-order valence-electron chi connectivity index (χ2n) is 4.38. The number of rotatable bonds is 6. The number of H-pyrrole nitrogens is 1. The van der Waals surface area contributed by atoms with Gasteiger partial charge >= 0.3 is 0 Å². The van der Waals surface area contributed by atoms with Gasteiger partial charge in [0.2, 0.25) is 0 Å². The van der Waals surface area contributed by atoms with Gasteiger partial charge in [-0.25, -0.2) is 4.39 Å². The van der Waals surface area contributed by atoms with Crippen LogP contribution in [0.15, 0.2) is 28.9 Å². The van der Waals surface area contributed by atoms with Crippen molar-refractivity contribution < 1.29 is 4.39 Å². The predicted octanol–water partition coefficient (Wildman–Crippen LogP) is 2.99. The van der Waals surface area contributed by atoms with E-state index in [2.05, 4.69) is 43.6 Å². The Balaban J connectivity index is 2.15. The Morgan fingerprint density at radius 3 is 2.89 bits per heavy atom. The van der Waals surface area contributed by atoms with Crippen molar-refractivity contribution in [2.24, 2.45) is 0 Å². The molecule has 0 aliphatic rings. The third-order valence-corrected chi connectivity index (χ3v) is 3.25. The molecule has 0 saturated heterocycles. The van der Waals surface area contributed by atoms with E-state index in [0.717, 1.165) is 28.7 Å². The molecular formula is C13H16BrFN4. The van der Waals surface area contributed by atoms with E-state index in [1.165, 1.54) is 6.07 Å². The van der Waals surface area contributed by atoms with Crippen LogP contribution in [0.5, 0.6) is 0 Å². The quantitative estimate of drug-likeness (QED) is 0.858. The molecule has 4 nitrogen and oxygen atoms in total. The summed E-state index contributed by atoms with van der Waals surface area (Å²) >= 11 is 3.31. The first kappa shape index (κ1) is 14.1. The minimum atomic E-state index is -0.237. The van der Waals surface area contributed by atoms with Crippen LogP contribution in [-0.4, -0.2) is 22.0 Å². The molecule has 0 saturated carbocycles. The summed E-state index contributed by atoms with van der Waals surface area (Å²) in [6, 6.07) is 4.95. The molecule has 19 heavy (non-hydrogen) atoms. The number of nitrogens with one attached hydrogen (secondary N) is 2. The third-order valence-electron chi connectivity index (χ3n) is 2.79. The van der Waals surface area contributed by atoms with Gasteiger partial charge in [0.25, 0.3) is 0 Å². The summed E-state index contributed by atoms with van der Waals surface area (Å²) in [7, 11) is 0. The van der Waals surface area contributed by atoms with Gasteiger partial charge in [0.1, 0.15) is 5.82 Å². The van der Waals surface area contributed by atoms with Gasteiger partial charge in [-0.1, -0.05) is 22.9 Å². The summed E-state index contributed by atoms with van der Waals surface area (Å²) < 4.78 is 14.1. The highest BCUT2D eigenvalue weighted by molar-refractivity contribution is 9.10. The van der Waals surface area contributed by atoms with Gasteiger partial charge < -0.3 is 5.32 Å². The van der Waals surface area contributed by atoms with Gasteiger partial charge in [0.15, 0.2) is 0 Å². The molecule has 1 aromatic carbocycles. The van der Waals surface area contributed by atoms with E-state index in [1.54, 1.807) is 12.3 Å². The Hall–Kier alpha value is -1.27. The number of halogens is 2. The molecule has 2 N–H and O–H groups in total. The summed E-state index contributed by atoms with van der Waals surface area (Å²) in [5.41, 5.74) is 1.76. The molecule has 1 heterocycles. The van der Waals surface area contributed by atoms with E-state index in [1.807, 2.05) is 6.07 Å². The Morgan fingerprint density at radius 2 is 2.26 bits per heavy atom. The zero-order valence-electron chi connectivity index (χ0n) is 10.7. The van der Waals surface area contributed by atoms with Crippen molar-refractivity contribution >= 4 is 15.9 Å². The van der Waals surface area contributed by atoms with Crippen LogP contribution in [0.4, 0.5) is 4.39 Å². The molecule has 102 valence electrons. The van der Waals surface area contributed by atoms with Crippen LogP contribution < -0.4 is 5.32 Å². The fourth-order valence-corrected chi connectivity index (χ4v) is 2.46. The van der Waals surface area contributed by atoms with Crippen molar-refractivity contribution in [2.45, 2.75) is 25.8 Å². The van der Waals surface area contributed by atoms with Gasteiger partial charge in [0, 0.05) is 4.47 Å². The fraction of sp³-hybridized carbons (Fsp3) is 0.385. The molecule has 0 spiro atoms. The van der Waals surface area contributed by atoms with Crippen molar-refractivity contribution in [1.29, 1.82) is 0 Å². The minimum Gasteiger partial charge on any atom is -0.308 e. The maximum absolute atomic E-state index is 13.4. The van der Waals surface area contributed by atoms with E-state index in [-0.39, 0.29) is 11.9 Å². The molecule has 2 rings (SSSR count). The normalized spacial score (nSPS) is 12.6. The van der Waals surface area contributed by atoms with E-state index in [0.29, 0.717) is 6.42 Å². The molecule has 2 aromatic rings. The topological polar surface area (TPSA) is 53.6 Å². The first-order valence-electron chi connectivity index (χ1n) is 6.23. The number of nitrogens with zero attached hydrogens (tertiary/aromatic N) is 2. The lowest BCUT2D eigenvalue weighted by molar-refractivity contribution is 0.515. The van der Waals surface area contributed by atoms with Gasteiger partial charge in [-0.05, 0) is 43.1 Å². The van der Waals surface area contributed by atoms with Crippen LogP contribution in [0, 0.1) is 5.82 Å². The number of hydrogen-bond donors (Lipinski definition) is 2. The molecule has 1 unspecified atom stereocenters. The van der Waals surface area contributed by atoms with Crippen molar-refractivity contribution in [3.8, 4) is 0 Å². The molecule has 0 aliphatic heterocycles. The molecule has 6 heteroatoms. The SMILES string of the molecule is CCCNC(Cc1cc(F)cc(Br)c1)c1cn[nH]n1. The highest BCUT2D eigenvalue weighted by Crippen LogP contribution is 2.20. The van der Waals surface area contributed by atoms with Crippen molar-refractivity contribution in [3.63, 3.8) is 0 Å². The first-order valence-corrected chi connectivity index (χ1v) is 7.02. The Morgan fingerprint density at radius 1 is 1.42 bits per heavy atom. The highest BCUT2D eigenvalue weighted by Gasteiger charge is 2.15. The molecule has 0 amide bonds.